The molecule has 0 aliphatic carbocycles. The lowest BCUT2D eigenvalue weighted by Gasteiger charge is -2.28. The van der Waals surface area contributed by atoms with Crippen LogP contribution >= 0.6 is 0 Å². The summed E-state index contributed by atoms with van der Waals surface area (Å²) >= 11 is 0. The van der Waals surface area contributed by atoms with Gasteiger partial charge < -0.3 is 14.6 Å². The Kier molecular flexibility index (Phi) is 2.11. The highest BCUT2D eigenvalue weighted by Gasteiger charge is 2.24. The van der Waals surface area contributed by atoms with Crippen molar-refractivity contribution in [2.45, 2.75) is 19.4 Å². The van der Waals surface area contributed by atoms with Gasteiger partial charge >= 0.3 is 0 Å². The molecule has 0 radical (unpaired) electrons. The highest BCUT2D eigenvalue weighted by atomic mass is 16.5. The summed E-state index contributed by atoms with van der Waals surface area (Å²) in [5, 5.41) is 9.49. The number of benzene rings is 1. The SMILES string of the molecule is COc1cc(O)cc2c1C=CC(C)(C)O2. The maximum absolute atomic E-state index is 9.49. The summed E-state index contributed by atoms with van der Waals surface area (Å²) in [6.07, 6.45) is 3.92. The molecule has 1 aromatic carbocycles. The third-order valence-electron chi connectivity index (χ3n) is 2.33. The molecule has 0 spiro atoms. The van der Waals surface area contributed by atoms with Crippen LogP contribution in [-0.4, -0.2) is 17.8 Å². The number of rotatable bonds is 1. The summed E-state index contributed by atoms with van der Waals surface area (Å²) in [7, 11) is 1.57. The van der Waals surface area contributed by atoms with Gasteiger partial charge in [0.15, 0.2) is 0 Å². The summed E-state index contributed by atoms with van der Waals surface area (Å²) in [4.78, 5) is 0. The van der Waals surface area contributed by atoms with Crippen LogP contribution in [0.4, 0.5) is 0 Å². The largest absolute Gasteiger partial charge is 0.508 e. The van der Waals surface area contributed by atoms with Crippen LogP contribution in [0.15, 0.2) is 18.2 Å². The summed E-state index contributed by atoms with van der Waals surface area (Å²) < 4.78 is 10.9. The van der Waals surface area contributed by atoms with E-state index in [1.165, 1.54) is 0 Å². The molecule has 0 unspecified atom stereocenters. The van der Waals surface area contributed by atoms with Gasteiger partial charge in [-0.3, -0.25) is 0 Å². The third-order valence-corrected chi connectivity index (χ3v) is 2.33. The Morgan fingerprint density at radius 3 is 2.73 bits per heavy atom. The molecule has 1 aliphatic heterocycles. The van der Waals surface area contributed by atoms with E-state index in [0.717, 1.165) is 5.56 Å². The molecule has 0 aromatic heterocycles. The molecule has 15 heavy (non-hydrogen) atoms. The second-order valence-electron chi connectivity index (χ2n) is 4.10. The molecule has 0 atom stereocenters. The minimum atomic E-state index is -0.341. The Morgan fingerprint density at radius 2 is 2.07 bits per heavy atom. The van der Waals surface area contributed by atoms with Gasteiger partial charge in [-0.25, -0.2) is 0 Å². The van der Waals surface area contributed by atoms with Gasteiger partial charge in [-0.1, -0.05) is 0 Å². The molecule has 0 saturated carbocycles. The van der Waals surface area contributed by atoms with Crippen LogP contribution in [0.25, 0.3) is 6.08 Å². The van der Waals surface area contributed by atoms with Gasteiger partial charge in [-0.15, -0.1) is 0 Å². The van der Waals surface area contributed by atoms with E-state index in [4.69, 9.17) is 9.47 Å². The fourth-order valence-corrected chi connectivity index (χ4v) is 1.61. The van der Waals surface area contributed by atoms with Crippen LogP contribution in [0.3, 0.4) is 0 Å². The minimum absolute atomic E-state index is 0.150. The normalized spacial score (nSPS) is 16.7. The fraction of sp³-hybridized carbons (Fsp3) is 0.333. The second-order valence-corrected chi connectivity index (χ2v) is 4.10. The molecule has 3 nitrogen and oxygen atoms in total. The van der Waals surface area contributed by atoms with E-state index in [0.29, 0.717) is 11.5 Å². The number of aromatic hydroxyl groups is 1. The molecule has 1 aromatic rings. The van der Waals surface area contributed by atoms with Crippen LogP contribution in [0.1, 0.15) is 19.4 Å². The van der Waals surface area contributed by atoms with Crippen LogP contribution < -0.4 is 9.47 Å². The molecule has 0 bridgehead atoms. The van der Waals surface area contributed by atoms with Crippen LogP contribution in [-0.2, 0) is 0 Å². The predicted octanol–water partition coefficient (Wildman–Crippen LogP) is 2.58. The van der Waals surface area contributed by atoms with Crippen molar-refractivity contribution in [3.63, 3.8) is 0 Å². The van der Waals surface area contributed by atoms with Crippen LogP contribution in [0.2, 0.25) is 0 Å². The van der Waals surface area contributed by atoms with Crippen molar-refractivity contribution in [3.05, 3.63) is 23.8 Å². The monoisotopic (exact) mass is 206 g/mol. The number of hydrogen-bond acceptors (Lipinski definition) is 3. The van der Waals surface area contributed by atoms with Crippen molar-refractivity contribution in [3.8, 4) is 17.2 Å². The van der Waals surface area contributed by atoms with Crippen molar-refractivity contribution in [1.29, 1.82) is 0 Å². The molecule has 1 heterocycles. The zero-order valence-electron chi connectivity index (χ0n) is 9.07. The topological polar surface area (TPSA) is 38.7 Å². The number of fused-ring (bicyclic) bond motifs is 1. The van der Waals surface area contributed by atoms with Gasteiger partial charge in [-0.05, 0) is 26.0 Å². The summed E-state index contributed by atoms with van der Waals surface area (Å²) in [5.74, 6) is 1.42. The Bertz CT molecular complexity index is 419. The Morgan fingerprint density at radius 1 is 1.33 bits per heavy atom. The first kappa shape index (κ1) is 9.90. The van der Waals surface area contributed by atoms with Gasteiger partial charge in [0.1, 0.15) is 22.8 Å². The predicted molar refractivity (Wildman–Crippen MR) is 58.4 cm³/mol. The second kappa shape index (κ2) is 3.19. The summed E-state index contributed by atoms with van der Waals surface area (Å²) in [6, 6.07) is 3.17. The van der Waals surface area contributed by atoms with E-state index < -0.39 is 0 Å². The van der Waals surface area contributed by atoms with E-state index in [1.54, 1.807) is 19.2 Å². The van der Waals surface area contributed by atoms with E-state index in [1.807, 2.05) is 26.0 Å². The highest BCUT2D eigenvalue weighted by molar-refractivity contribution is 5.68. The molecule has 0 fully saturated rings. The smallest absolute Gasteiger partial charge is 0.135 e. The first-order chi connectivity index (χ1) is 7.02. The van der Waals surface area contributed by atoms with E-state index in [-0.39, 0.29) is 11.4 Å². The maximum Gasteiger partial charge on any atom is 0.135 e. The third kappa shape index (κ3) is 1.77. The van der Waals surface area contributed by atoms with E-state index in [9.17, 15) is 5.11 Å². The van der Waals surface area contributed by atoms with Crippen molar-refractivity contribution in [1.82, 2.24) is 0 Å². The lowest BCUT2D eigenvalue weighted by molar-refractivity contribution is 0.157. The molecule has 3 heteroatoms. The van der Waals surface area contributed by atoms with E-state index >= 15 is 0 Å². The van der Waals surface area contributed by atoms with E-state index in [2.05, 4.69) is 0 Å². The minimum Gasteiger partial charge on any atom is -0.508 e. The first-order valence-corrected chi connectivity index (χ1v) is 4.81. The number of ether oxygens (including phenoxy) is 2. The number of phenolic OH excluding ortho intramolecular Hbond substituents is 1. The van der Waals surface area contributed by atoms with Gasteiger partial charge in [0.2, 0.25) is 0 Å². The molecule has 80 valence electrons. The van der Waals surface area contributed by atoms with Crippen molar-refractivity contribution < 1.29 is 14.6 Å². The van der Waals surface area contributed by atoms with Gasteiger partial charge in [0, 0.05) is 12.1 Å². The average molecular weight is 206 g/mol. The van der Waals surface area contributed by atoms with Gasteiger partial charge in [-0.2, -0.15) is 0 Å². The summed E-state index contributed by atoms with van der Waals surface area (Å²) in [5.41, 5.74) is 0.529. The van der Waals surface area contributed by atoms with Crippen molar-refractivity contribution in [2.24, 2.45) is 0 Å². The fourth-order valence-electron chi connectivity index (χ4n) is 1.61. The lowest BCUT2D eigenvalue weighted by Crippen LogP contribution is -2.27. The number of hydrogen-bond donors (Lipinski definition) is 1. The maximum atomic E-state index is 9.49. The van der Waals surface area contributed by atoms with Crippen molar-refractivity contribution >= 4 is 6.08 Å². The molecule has 1 aliphatic rings. The molecule has 1 N–H and O–H groups in total. The molecule has 0 amide bonds. The first-order valence-electron chi connectivity index (χ1n) is 4.81. The number of phenols is 1. The van der Waals surface area contributed by atoms with Crippen LogP contribution in [0, 0.1) is 0 Å². The quantitative estimate of drug-likeness (QED) is 0.767. The Balaban J connectivity index is 2.55. The highest BCUT2D eigenvalue weighted by Crippen LogP contribution is 2.39. The zero-order valence-corrected chi connectivity index (χ0v) is 9.07. The van der Waals surface area contributed by atoms with Gasteiger partial charge in [0.05, 0.1) is 12.7 Å². The average Bonchev–Trinajstić information content (AvgIpc) is 2.14. The standard InChI is InChI=1S/C12H14O3/c1-12(2)5-4-9-10(14-3)6-8(13)7-11(9)15-12/h4-7,13H,1-3H3. The zero-order chi connectivity index (χ0) is 11.1. The number of methoxy groups -OCH3 is 1. The molecule has 2 rings (SSSR count). The van der Waals surface area contributed by atoms with Crippen LogP contribution in [0.5, 0.6) is 17.2 Å². The molecular weight excluding hydrogens is 192 g/mol. The lowest BCUT2D eigenvalue weighted by atomic mass is 10.0. The van der Waals surface area contributed by atoms with Crippen molar-refractivity contribution in [2.75, 3.05) is 7.11 Å². The molecular formula is C12H14O3. The Hall–Kier alpha value is -1.64. The van der Waals surface area contributed by atoms with Gasteiger partial charge in [0.25, 0.3) is 0 Å². The summed E-state index contributed by atoms with van der Waals surface area (Å²) in [6.45, 7) is 3.92. The molecule has 0 saturated heterocycles. The Labute approximate surface area is 88.9 Å².